The van der Waals surface area contributed by atoms with Crippen LogP contribution in [-0.2, 0) is 17.1 Å². The molecule has 2 aromatic rings. The Hall–Kier alpha value is -1.89. The van der Waals surface area contributed by atoms with Crippen molar-refractivity contribution in [1.82, 2.24) is 20.2 Å². The van der Waals surface area contributed by atoms with E-state index in [1.165, 1.54) is 0 Å². The Kier molecular flexibility index (Phi) is 5.74. The summed E-state index contributed by atoms with van der Waals surface area (Å²) in [6, 6.07) is 10.0. The summed E-state index contributed by atoms with van der Waals surface area (Å²) in [4.78, 5) is 12.0. The van der Waals surface area contributed by atoms with Crippen molar-refractivity contribution in [1.29, 1.82) is 0 Å². The summed E-state index contributed by atoms with van der Waals surface area (Å²) in [6.45, 7) is 2.52. The lowest BCUT2D eigenvalue weighted by atomic mass is 10.0. The van der Waals surface area contributed by atoms with E-state index in [2.05, 4.69) is 15.5 Å². The van der Waals surface area contributed by atoms with Gasteiger partial charge in [0.15, 0.2) is 5.82 Å². The molecule has 0 aliphatic carbocycles. The maximum Gasteiger partial charge on any atom is 0.303 e. The van der Waals surface area contributed by atoms with Crippen LogP contribution in [0.1, 0.15) is 25.6 Å². The van der Waals surface area contributed by atoms with Crippen molar-refractivity contribution >= 4 is 17.7 Å². The van der Waals surface area contributed by atoms with E-state index in [0.29, 0.717) is 12.3 Å². The molecule has 0 fully saturated rings. The molecule has 0 aliphatic rings. The normalized spacial score (nSPS) is 12.2. The van der Waals surface area contributed by atoms with E-state index in [1.807, 2.05) is 37.3 Å². The molecule has 7 heteroatoms. The van der Waals surface area contributed by atoms with E-state index in [-0.39, 0.29) is 12.3 Å². The Morgan fingerprint density at radius 2 is 2.14 bits per heavy atom. The maximum absolute atomic E-state index is 10.8. The molecule has 0 bridgehead atoms. The van der Waals surface area contributed by atoms with Crippen molar-refractivity contribution in [2.75, 3.05) is 0 Å². The minimum atomic E-state index is -0.782. The number of carboxylic acids is 1. The van der Waals surface area contributed by atoms with Gasteiger partial charge in [-0.05, 0) is 28.5 Å². The van der Waals surface area contributed by atoms with Crippen molar-refractivity contribution in [3.63, 3.8) is 0 Å². The van der Waals surface area contributed by atoms with Crippen molar-refractivity contribution in [3.05, 3.63) is 36.2 Å². The van der Waals surface area contributed by atoms with E-state index >= 15 is 0 Å². The average molecular weight is 306 g/mol. The van der Waals surface area contributed by atoms with Crippen LogP contribution in [0.15, 0.2) is 35.2 Å². The first-order chi connectivity index (χ1) is 10.2. The fraction of sp³-hybridized carbons (Fsp3) is 0.429. The van der Waals surface area contributed by atoms with Gasteiger partial charge in [0.25, 0.3) is 0 Å². The number of thioether (sulfide) groups is 1. The molecular formula is C14H18N4O2S. The Bertz CT molecular complexity index is 573. The standard InChI is InChI=1S/C14H18N4O2S/c1-2-11(8-14(19)20)9-18-13(15-16-17-18)10-21-12-6-4-3-5-7-12/h3-7,11H,2,8-10H2,1H3,(H,19,20). The first kappa shape index (κ1) is 15.5. The molecular weight excluding hydrogens is 288 g/mol. The van der Waals surface area contributed by atoms with Gasteiger partial charge in [0.05, 0.1) is 5.75 Å². The highest BCUT2D eigenvalue weighted by Crippen LogP contribution is 2.21. The van der Waals surface area contributed by atoms with Crippen molar-refractivity contribution in [3.8, 4) is 0 Å². The van der Waals surface area contributed by atoms with Crippen LogP contribution >= 0.6 is 11.8 Å². The van der Waals surface area contributed by atoms with Crippen LogP contribution < -0.4 is 0 Å². The molecule has 0 saturated carbocycles. The zero-order chi connectivity index (χ0) is 15.1. The summed E-state index contributed by atoms with van der Waals surface area (Å²) in [6.07, 6.45) is 0.930. The van der Waals surface area contributed by atoms with Crippen molar-refractivity contribution in [2.24, 2.45) is 5.92 Å². The molecule has 1 unspecified atom stereocenters. The number of carboxylic acid groups (broad SMARTS) is 1. The second-order valence-electron chi connectivity index (χ2n) is 4.75. The molecule has 1 aromatic carbocycles. The molecule has 1 N–H and O–H groups in total. The number of hydrogen-bond donors (Lipinski definition) is 1. The number of benzene rings is 1. The lowest BCUT2D eigenvalue weighted by Crippen LogP contribution is -2.17. The van der Waals surface area contributed by atoms with Crippen LogP contribution in [0.25, 0.3) is 0 Å². The molecule has 112 valence electrons. The first-order valence-electron chi connectivity index (χ1n) is 6.83. The van der Waals surface area contributed by atoms with Gasteiger partial charge in [-0.3, -0.25) is 4.79 Å². The third kappa shape index (κ3) is 4.86. The Morgan fingerprint density at radius 3 is 2.81 bits per heavy atom. The average Bonchev–Trinajstić information content (AvgIpc) is 2.92. The highest BCUT2D eigenvalue weighted by Gasteiger charge is 2.15. The van der Waals surface area contributed by atoms with Crippen molar-refractivity contribution < 1.29 is 9.90 Å². The SMILES string of the molecule is CCC(CC(=O)O)Cn1nnnc1CSc1ccccc1. The van der Waals surface area contributed by atoms with E-state index < -0.39 is 5.97 Å². The van der Waals surface area contributed by atoms with E-state index in [1.54, 1.807) is 16.4 Å². The van der Waals surface area contributed by atoms with Gasteiger partial charge in [-0.2, -0.15) is 0 Å². The number of hydrogen-bond acceptors (Lipinski definition) is 5. The van der Waals surface area contributed by atoms with Crippen molar-refractivity contribution in [2.45, 2.75) is 37.0 Å². The zero-order valence-corrected chi connectivity index (χ0v) is 12.7. The lowest BCUT2D eigenvalue weighted by molar-refractivity contribution is -0.138. The highest BCUT2D eigenvalue weighted by molar-refractivity contribution is 7.98. The maximum atomic E-state index is 10.8. The number of tetrazole rings is 1. The molecule has 0 saturated heterocycles. The van der Waals surface area contributed by atoms with Gasteiger partial charge in [-0.1, -0.05) is 31.5 Å². The second kappa shape index (κ2) is 7.78. The topological polar surface area (TPSA) is 80.9 Å². The number of aliphatic carboxylic acids is 1. The molecule has 2 rings (SSSR count). The quantitative estimate of drug-likeness (QED) is 0.755. The predicted molar refractivity (Wildman–Crippen MR) is 79.9 cm³/mol. The Morgan fingerprint density at radius 1 is 1.38 bits per heavy atom. The molecule has 0 aliphatic heterocycles. The van der Waals surface area contributed by atoms with E-state index in [9.17, 15) is 4.79 Å². The minimum Gasteiger partial charge on any atom is -0.481 e. The van der Waals surface area contributed by atoms with E-state index in [0.717, 1.165) is 17.1 Å². The molecule has 6 nitrogen and oxygen atoms in total. The Balaban J connectivity index is 1.96. The summed E-state index contributed by atoms with van der Waals surface area (Å²) < 4.78 is 1.72. The molecule has 0 amide bonds. The monoisotopic (exact) mass is 306 g/mol. The van der Waals surface area contributed by atoms with Crippen LogP contribution in [0, 0.1) is 5.92 Å². The van der Waals surface area contributed by atoms with Gasteiger partial charge in [0.1, 0.15) is 0 Å². The molecule has 21 heavy (non-hydrogen) atoms. The van der Waals surface area contributed by atoms with Crippen LogP contribution in [0.4, 0.5) is 0 Å². The predicted octanol–water partition coefficient (Wildman–Crippen LogP) is 2.47. The fourth-order valence-corrected chi connectivity index (χ4v) is 2.81. The largest absolute Gasteiger partial charge is 0.481 e. The lowest BCUT2D eigenvalue weighted by Gasteiger charge is -2.12. The molecule has 1 atom stereocenters. The summed E-state index contributed by atoms with van der Waals surface area (Å²) in [5.74, 6) is 0.704. The molecule has 0 spiro atoms. The van der Waals surface area contributed by atoms with Gasteiger partial charge in [0, 0.05) is 17.9 Å². The Labute approximate surface area is 127 Å². The minimum absolute atomic E-state index is 0.0477. The van der Waals surface area contributed by atoms with Crippen LogP contribution in [0.2, 0.25) is 0 Å². The van der Waals surface area contributed by atoms with Crippen LogP contribution in [0.3, 0.4) is 0 Å². The molecule has 1 aromatic heterocycles. The van der Waals surface area contributed by atoms with E-state index in [4.69, 9.17) is 5.11 Å². The fourth-order valence-electron chi connectivity index (χ4n) is 1.96. The first-order valence-corrected chi connectivity index (χ1v) is 7.82. The summed E-state index contributed by atoms with van der Waals surface area (Å²) in [5.41, 5.74) is 0. The van der Waals surface area contributed by atoms with Gasteiger partial charge >= 0.3 is 5.97 Å². The smallest absolute Gasteiger partial charge is 0.303 e. The zero-order valence-electron chi connectivity index (χ0n) is 11.8. The number of rotatable bonds is 8. The molecule has 1 heterocycles. The summed E-state index contributed by atoms with van der Waals surface area (Å²) in [7, 11) is 0. The van der Waals surface area contributed by atoms with Gasteiger partial charge in [0.2, 0.25) is 0 Å². The van der Waals surface area contributed by atoms with Crippen LogP contribution in [0.5, 0.6) is 0 Å². The third-order valence-electron chi connectivity index (χ3n) is 3.19. The second-order valence-corrected chi connectivity index (χ2v) is 5.80. The molecule has 0 radical (unpaired) electrons. The number of carbonyl (C=O) groups is 1. The third-order valence-corrected chi connectivity index (χ3v) is 4.20. The number of nitrogens with zero attached hydrogens (tertiary/aromatic N) is 4. The summed E-state index contributed by atoms with van der Waals surface area (Å²) in [5, 5.41) is 20.6. The van der Waals surface area contributed by atoms with Crippen LogP contribution in [-0.4, -0.2) is 31.3 Å². The van der Waals surface area contributed by atoms with Gasteiger partial charge in [-0.15, -0.1) is 16.9 Å². The van der Waals surface area contributed by atoms with Gasteiger partial charge < -0.3 is 5.11 Å². The van der Waals surface area contributed by atoms with Gasteiger partial charge in [-0.25, -0.2) is 4.68 Å². The number of aromatic nitrogens is 4. The highest BCUT2D eigenvalue weighted by atomic mass is 32.2. The summed E-state index contributed by atoms with van der Waals surface area (Å²) >= 11 is 1.66.